The van der Waals surface area contributed by atoms with Crippen LogP contribution in [0.15, 0.2) is 18.2 Å². The fourth-order valence-corrected chi connectivity index (χ4v) is 1.55. The van der Waals surface area contributed by atoms with Gasteiger partial charge in [-0.1, -0.05) is 6.07 Å². The first-order valence-corrected chi connectivity index (χ1v) is 5.06. The molecule has 0 aliphatic carbocycles. The lowest BCUT2D eigenvalue weighted by molar-refractivity contribution is 0.0317. The lowest BCUT2D eigenvalue weighted by Gasteiger charge is -2.19. The molecule has 0 aliphatic heterocycles. The highest BCUT2D eigenvalue weighted by Crippen LogP contribution is 2.27. The van der Waals surface area contributed by atoms with Crippen LogP contribution < -0.4 is 5.73 Å². The summed E-state index contributed by atoms with van der Waals surface area (Å²) in [6.07, 6.45) is -2.67. The number of benzene rings is 1. The number of anilines is 1. The molecule has 0 saturated heterocycles. The van der Waals surface area contributed by atoms with E-state index in [0.717, 1.165) is 0 Å². The highest BCUT2D eigenvalue weighted by atomic mass is 35.5. The van der Waals surface area contributed by atoms with E-state index in [-0.39, 0.29) is 22.7 Å². The molecule has 6 heteroatoms. The van der Waals surface area contributed by atoms with Crippen LogP contribution in [-0.4, -0.2) is 33.3 Å². The molecule has 2 unspecified atom stereocenters. The van der Waals surface area contributed by atoms with Gasteiger partial charge in [-0.05, 0) is 12.1 Å². The number of carbonyl (C=O) groups is 1. The average molecular weight is 246 g/mol. The molecule has 0 saturated carbocycles. The van der Waals surface area contributed by atoms with Crippen molar-refractivity contribution in [1.29, 1.82) is 0 Å². The number of hydrogen-bond acceptors (Lipinski definition) is 4. The Hall–Kier alpha value is -1.30. The number of nitrogen functional groups attached to an aromatic ring is 1. The van der Waals surface area contributed by atoms with Gasteiger partial charge in [-0.3, -0.25) is 0 Å². The van der Waals surface area contributed by atoms with Gasteiger partial charge < -0.3 is 21.1 Å². The summed E-state index contributed by atoms with van der Waals surface area (Å²) in [5, 5.41) is 28.0. The molecule has 1 aromatic carbocycles. The Kier molecular flexibility index (Phi) is 4.12. The molecule has 1 rings (SSSR count). The molecule has 5 nitrogen and oxygen atoms in total. The molecule has 0 spiro atoms. The highest BCUT2D eigenvalue weighted by Gasteiger charge is 2.25. The summed E-state index contributed by atoms with van der Waals surface area (Å²) >= 11 is 5.38. The monoisotopic (exact) mass is 245 g/mol. The van der Waals surface area contributed by atoms with Gasteiger partial charge in [0, 0.05) is 11.3 Å². The Morgan fingerprint density at radius 3 is 2.56 bits per heavy atom. The third-order valence-corrected chi connectivity index (χ3v) is 2.50. The van der Waals surface area contributed by atoms with Crippen molar-refractivity contribution >= 4 is 23.3 Å². The van der Waals surface area contributed by atoms with Gasteiger partial charge in [0.25, 0.3) is 0 Å². The van der Waals surface area contributed by atoms with Gasteiger partial charge in [-0.15, -0.1) is 11.6 Å². The molecule has 1 aromatic rings. The number of aliphatic hydroxyl groups excluding tert-OH is 2. The van der Waals surface area contributed by atoms with Crippen molar-refractivity contribution in [3.05, 3.63) is 29.3 Å². The normalized spacial score (nSPS) is 14.4. The van der Waals surface area contributed by atoms with E-state index in [1.54, 1.807) is 0 Å². The number of alkyl halides is 1. The van der Waals surface area contributed by atoms with Gasteiger partial charge in [-0.2, -0.15) is 0 Å². The van der Waals surface area contributed by atoms with Crippen LogP contribution >= 0.6 is 11.6 Å². The van der Waals surface area contributed by atoms with E-state index < -0.39 is 18.2 Å². The zero-order valence-corrected chi connectivity index (χ0v) is 9.05. The topological polar surface area (TPSA) is 104 Å². The molecule has 2 atom stereocenters. The number of aromatic carboxylic acids is 1. The minimum atomic E-state index is -1.41. The van der Waals surface area contributed by atoms with Crippen molar-refractivity contribution in [3.8, 4) is 0 Å². The fraction of sp³-hybridized carbons (Fsp3) is 0.300. The first-order valence-electron chi connectivity index (χ1n) is 4.52. The Bertz CT molecular complexity index is 396. The van der Waals surface area contributed by atoms with Crippen molar-refractivity contribution in [3.63, 3.8) is 0 Å². The van der Waals surface area contributed by atoms with Crippen LogP contribution in [0.5, 0.6) is 0 Å². The third kappa shape index (κ3) is 2.44. The molecule has 0 amide bonds. The van der Waals surface area contributed by atoms with E-state index in [2.05, 4.69) is 0 Å². The second-order valence-corrected chi connectivity index (χ2v) is 3.59. The van der Waals surface area contributed by atoms with Gasteiger partial charge >= 0.3 is 5.97 Å². The van der Waals surface area contributed by atoms with Crippen LogP contribution in [0.1, 0.15) is 22.0 Å². The first kappa shape index (κ1) is 12.8. The second-order valence-electron chi connectivity index (χ2n) is 3.28. The molecule has 0 heterocycles. The summed E-state index contributed by atoms with van der Waals surface area (Å²) in [7, 11) is 0. The van der Waals surface area contributed by atoms with Crippen molar-refractivity contribution in [2.75, 3.05) is 11.6 Å². The molecule has 5 N–H and O–H groups in total. The number of nitrogens with two attached hydrogens (primary N) is 1. The van der Waals surface area contributed by atoms with Crippen molar-refractivity contribution in [2.45, 2.75) is 12.2 Å². The van der Waals surface area contributed by atoms with Gasteiger partial charge in [0.05, 0.1) is 17.5 Å². The van der Waals surface area contributed by atoms with Crippen molar-refractivity contribution in [1.82, 2.24) is 0 Å². The zero-order valence-electron chi connectivity index (χ0n) is 8.30. The minimum absolute atomic E-state index is 0.0110. The first-order chi connectivity index (χ1) is 7.49. The van der Waals surface area contributed by atoms with Crippen LogP contribution in [0.4, 0.5) is 5.69 Å². The Balaban J connectivity index is 3.24. The molecular formula is C10H12ClNO4. The predicted molar refractivity (Wildman–Crippen MR) is 59.5 cm³/mol. The number of halogens is 1. The molecule has 0 aromatic heterocycles. The van der Waals surface area contributed by atoms with Gasteiger partial charge in [-0.25, -0.2) is 4.79 Å². The molecule has 16 heavy (non-hydrogen) atoms. The number of carboxylic acid groups (broad SMARTS) is 1. The third-order valence-electron chi connectivity index (χ3n) is 2.19. The quantitative estimate of drug-likeness (QED) is 0.459. The van der Waals surface area contributed by atoms with Crippen LogP contribution in [0, 0.1) is 0 Å². The maximum atomic E-state index is 10.9. The number of aliphatic hydroxyl groups is 2. The van der Waals surface area contributed by atoms with Gasteiger partial charge in [0.1, 0.15) is 6.10 Å². The lowest BCUT2D eigenvalue weighted by Crippen LogP contribution is -2.23. The standard InChI is InChI=1S/C10H12ClNO4/c11-4-7(13)9(14)8-5(10(15)16)2-1-3-6(8)12/h1-3,7,9,13-14H,4,12H2,(H,15,16). The summed E-state index contributed by atoms with van der Waals surface area (Å²) < 4.78 is 0. The van der Waals surface area contributed by atoms with Gasteiger partial charge in [0.2, 0.25) is 0 Å². The summed E-state index contributed by atoms with van der Waals surface area (Å²) in [4.78, 5) is 10.9. The maximum absolute atomic E-state index is 10.9. The van der Waals surface area contributed by atoms with Crippen molar-refractivity contribution in [2.24, 2.45) is 0 Å². The lowest BCUT2D eigenvalue weighted by atomic mass is 9.97. The predicted octanol–water partition coefficient (Wildman–Crippen LogP) is 0.600. The molecule has 0 aliphatic rings. The van der Waals surface area contributed by atoms with Crippen molar-refractivity contribution < 1.29 is 20.1 Å². The van der Waals surface area contributed by atoms with Crippen LogP contribution in [0.2, 0.25) is 0 Å². The summed E-state index contributed by atoms with van der Waals surface area (Å²) in [5.74, 6) is -1.43. The average Bonchev–Trinajstić information content (AvgIpc) is 2.26. The van der Waals surface area contributed by atoms with E-state index in [9.17, 15) is 15.0 Å². The zero-order chi connectivity index (χ0) is 12.3. The van der Waals surface area contributed by atoms with E-state index >= 15 is 0 Å². The minimum Gasteiger partial charge on any atom is -0.478 e. The van der Waals surface area contributed by atoms with Crippen LogP contribution in [0.25, 0.3) is 0 Å². The maximum Gasteiger partial charge on any atom is 0.336 e. The van der Waals surface area contributed by atoms with E-state index in [4.69, 9.17) is 22.4 Å². The van der Waals surface area contributed by atoms with E-state index in [0.29, 0.717) is 0 Å². The Labute approximate surface area is 97.1 Å². The molecule has 0 bridgehead atoms. The molecular weight excluding hydrogens is 234 g/mol. The second kappa shape index (κ2) is 5.16. The smallest absolute Gasteiger partial charge is 0.336 e. The number of hydrogen-bond donors (Lipinski definition) is 4. The Morgan fingerprint density at radius 2 is 2.06 bits per heavy atom. The SMILES string of the molecule is Nc1cccc(C(=O)O)c1C(O)C(O)CCl. The molecule has 88 valence electrons. The summed E-state index contributed by atoms with van der Waals surface area (Å²) in [6.45, 7) is 0. The summed E-state index contributed by atoms with van der Waals surface area (Å²) in [6, 6.07) is 4.21. The number of rotatable bonds is 4. The Morgan fingerprint density at radius 1 is 1.44 bits per heavy atom. The fourth-order valence-electron chi connectivity index (χ4n) is 1.38. The van der Waals surface area contributed by atoms with Crippen LogP contribution in [-0.2, 0) is 0 Å². The number of carboxylic acids is 1. The van der Waals surface area contributed by atoms with E-state index in [1.807, 2.05) is 0 Å². The van der Waals surface area contributed by atoms with Gasteiger partial charge in [0.15, 0.2) is 0 Å². The largest absolute Gasteiger partial charge is 0.478 e. The molecule has 0 radical (unpaired) electrons. The van der Waals surface area contributed by atoms with Crippen LogP contribution in [0.3, 0.4) is 0 Å². The van der Waals surface area contributed by atoms with E-state index in [1.165, 1.54) is 18.2 Å². The highest BCUT2D eigenvalue weighted by molar-refractivity contribution is 6.18. The molecule has 0 fully saturated rings. The summed E-state index contributed by atoms with van der Waals surface area (Å²) in [5.41, 5.74) is 5.53.